The molecule has 0 bridgehead atoms. The molecule has 128 valence electrons. The van der Waals surface area contributed by atoms with Crippen molar-refractivity contribution in [2.24, 2.45) is 0 Å². The number of pyridine rings is 1. The molecule has 2 aromatic rings. The molecule has 0 amide bonds. The first-order chi connectivity index (χ1) is 10.4. The molecule has 0 unspecified atom stereocenters. The zero-order valence-corrected chi connectivity index (χ0v) is 15.3. The summed E-state index contributed by atoms with van der Waals surface area (Å²) in [6.07, 6.45) is 3.72. The minimum absolute atomic E-state index is 0. The molecule has 2 heterocycles. The van der Waals surface area contributed by atoms with Crippen LogP contribution in [0.4, 0.5) is 0 Å². The van der Waals surface area contributed by atoms with Crippen molar-refractivity contribution in [2.75, 3.05) is 26.2 Å². The second-order valence-corrected chi connectivity index (χ2v) is 5.87. The quantitative estimate of drug-likeness (QED) is 0.870. The maximum Gasteiger partial charge on any atom is 0.0706 e. The average molecular weight is 356 g/mol. The summed E-state index contributed by atoms with van der Waals surface area (Å²) in [6, 6.07) is 13.3. The normalized spacial score (nSPS) is 16.4. The zero-order valence-electron chi connectivity index (χ0n) is 13.7. The van der Waals surface area contributed by atoms with Crippen molar-refractivity contribution >= 4 is 35.7 Å². The first-order valence-electron chi connectivity index (χ1n) is 8.19. The van der Waals surface area contributed by atoms with E-state index in [1.807, 2.05) is 0 Å². The molecule has 3 rings (SSSR count). The highest BCUT2D eigenvalue weighted by atomic mass is 35.5. The topological polar surface area (TPSA) is 28.2 Å². The van der Waals surface area contributed by atoms with Crippen LogP contribution in [0.2, 0.25) is 0 Å². The molecule has 1 N–H and O–H groups in total. The van der Waals surface area contributed by atoms with Crippen LogP contribution in [0.5, 0.6) is 0 Å². The second-order valence-electron chi connectivity index (χ2n) is 5.87. The van der Waals surface area contributed by atoms with Gasteiger partial charge in [-0.3, -0.25) is 9.88 Å². The van der Waals surface area contributed by atoms with E-state index in [-0.39, 0.29) is 24.8 Å². The summed E-state index contributed by atoms with van der Waals surface area (Å²) in [5, 5.41) is 4.68. The number of nitrogens with zero attached hydrogens (tertiary/aromatic N) is 2. The summed E-state index contributed by atoms with van der Waals surface area (Å²) in [6.45, 7) is 6.71. The molecular weight excluding hydrogens is 329 g/mol. The Morgan fingerprint density at radius 3 is 2.57 bits per heavy atom. The molecule has 1 fully saturated rings. The Labute approximate surface area is 151 Å². The third kappa shape index (κ3) is 5.05. The predicted octanol–water partition coefficient (Wildman–Crippen LogP) is 4.21. The van der Waals surface area contributed by atoms with Crippen molar-refractivity contribution in [3.05, 3.63) is 42.1 Å². The van der Waals surface area contributed by atoms with Crippen LogP contribution < -0.4 is 5.32 Å². The lowest BCUT2D eigenvalue weighted by Gasteiger charge is -2.34. The number of benzene rings is 1. The van der Waals surface area contributed by atoms with E-state index in [2.05, 4.69) is 53.5 Å². The van der Waals surface area contributed by atoms with Gasteiger partial charge in [0.1, 0.15) is 0 Å². The van der Waals surface area contributed by atoms with Crippen LogP contribution in [0.15, 0.2) is 36.4 Å². The molecule has 1 saturated heterocycles. The monoisotopic (exact) mass is 355 g/mol. The standard InChI is InChI=1S/C18H25N3.2ClH/c1-2-3-8-18(21-13-11-19-12-14-21)17-10-9-15-6-4-5-7-16(15)20-17;;/h4-7,9-10,18-19H,2-3,8,11-14H2,1H3;2*1H/t18-;;/m1../s1. The third-order valence-electron chi connectivity index (χ3n) is 4.38. The molecule has 23 heavy (non-hydrogen) atoms. The Morgan fingerprint density at radius 1 is 1.09 bits per heavy atom. The number of rotatable bonds is 5. The Balaban J connectivity index is 0.00000132. The van der Waals surface area contributed by atoms with Crippen LogP contribution in [0.25, 0.3) is 10.9 Å². The summed E-state index contributed by atoms with van der Waals surface area (Å²) >= 11 is 0. The van der Waals surface area contributed by atoms with E-state index < -0.39 is 0 Å². The summed E-state index contributed by atoms with van der Waals surface area (Å²) in [7, 11) is 0. The molecule has 0 aliphatic carbocycles. The van der Waals surface area contributed by atoms with Gasteiger partial charge in [0.05, 0.1) is 17.3 Å². The van der Waals surface area contributed by atoms with Gasteiger partial charge in [0.15, 0.2) is 0 Å². The first kappa shape index (κ1) is 20.2. The highest BCUT2D eigenvalue weighted by Crippen LogP contribution is 2.27. The van der Waals surface area contributed by atoms with E-state index >= 15 is 0 Å². The molecule has 0 spiro atoms. The van der Waals surface area contributed by atoms with Gasteiger partial charge >= 0.3 is 0 Å². The average Bonchev–Trinajstić information content (AvgIpc) is 2.56. The van der Waals surface area contributed by atoms with Gasteiger partial charge in [0, 0.05) is 31.6 Å². The lowest BCUT2D eigenvalue weighted by Crippen LogP contribution is -2.45. The van der Waals surface area contributed by atoms with Gasteiger partial charge in [-0.25, -0.2) is 0 Å². The van der Waals surface area contributed by atoms with Crippen LogP contribution in [-0.2, 0) is 0 Å². The molecule has 1 atom stereocenters. The summed E-state index contributed by atoms with van der Waals surface area (Å²) in [5.41, 5.74) is 2.36. The van der Waals surface area contributed by atoms with Crippen LogP contribution in [-0.4, -0.2) is 36.1 Å². The van der Waals surface area contributed by atoms with Crippen molar-refractivity contribution in [1.82, 2.24) is 15.2 Å². The Hall–Kier alpha value is -0.870. The number of aromatic nitrogens is 1. The first-order valence-corrected chi connectivity index (χ1v) is 8.19. The minimum Gasteiger partial charge on any atom is -0.314 e. The Kier molecular flexibility index (Phi) is 8.85. The van der Waals surface area contributed by atoms with Gasteiger partial charge in [-0.15, -0.1) is 24.8 Å². The van der Waals surface area contributed by atoms with Gasteiger partial charge < -0.3 is 5.32 Å². The Morgan fingerprint density at radius 2 is 1.83 bits per heavy atom. The number of piperazine rings is 1. The maximum atomic E-state index is 4.94. The molecule has 1 aliphatic rings. The van der Waals surface area contributed by atoms with E-state index in [4.69, 9.17) is 4.98 Å². The number of hydrogen-bond acceptors (Lipinski definition) is 3. The maximum absolute atomic E-state index is 4.94. The van der Waals surface area contributed by atoms with Gasteiger partial charge in [-0.05, 0) is 18.6 Å². The molecule has 3 nitrogen and oxygen atoms in total. The van der Waals surface area contributed by atoms with Crippen molar-refractivity contribution in [3.8, 4) is 0 Å². The number of para-hydroxylation sites is 1. The van der Waals surface area contributed by atoms with E-state index in [0.717, 1.165) is 31.7 Å². The number of halogens is 2. The van der Waals surface area contributed by atoms with E-state index in [1.165, 1.54) is 30.3 Å². The van der Waals surface area contributed by atoms with Crippen molar-refractivity contribution in [3.63, 3.8) is 0 Å². The van der Waals surface area contributed by atoms with Gasteiger partial charge in [-0.1, -0.05) is 44.0 Å². The minimum atomic E-state index is 0. The molecule has 0 saturated carbocycles. The lowest BCUT2D eigenvalue weighted by molar-refractivity contribution is 0.160. The van der Waals surface area contributed by atoms with E-state index in [9.17, 15) is 0 Å². The fraction of sp³-hybridized carbons (Fsp3) is 0.500. The highest BCUT2D eigenvalue weighted by Gasteiger charge is 2.22. The van der Waals surface area contributed by atoms with Gasteiger partial charge in [0.2, 0.25) is 0 Å². The fourth-order valence-electron chi connectivity index (χ4n) is 3.18. The van der Waals surface area contributed by atoms with Gasteiger partial charge in [0.25, 0.3) is 0 Å². The third-order valence-corrected chi connectivity index (χ3v) is 4.38. The molecular formula is C18H27Cl2N3. The Bertz CT molecular complexity index is 585. The van der Waals surface area contributed by atoms with Gasteiger partial charge in [-0.2, -0.15) is 0 Å². The number of fused-ring (bicyclic) bond motifs is 1. The summed E-state index contributed by atoms with van der Waals surface area (Å²) in [4.78, 5) is 7.54. The summed E-state index contributed by atoms with van der Waals surface area (Å²) < 4.78 is 0. The number of nitrogens with one attached hydrogen (secondary N) is 1. The van der Waals surface area contributed by atoms with Crippen LogP contribution in [0, 0.1) is 0 Å². The second kappa shape index (κ2) is 10.1. The van der Waals surface area contributed by atoms with Crippen LogP contribution >= 0.6 is 24.8 Å². The molecule has 1 aromatic heterocycles. The number of hydrogen-bond donors (Lipinski definition) is 1. The van der Waals surface area contributed by atoms with Crippen molar-refractivity contribution in [2.45, 2.75) is 32.2 Å². The number of unbranched alkanes of at least 4 members (excludes halogenated alkanes) is 1. The van der Waals surface area contributed by atoms with E-state index in [0.29, 0.717) is 6.04 Å². The van der Waals surface area contributed by atoms with Crippen molar-refractivity contribution in [1.29, 1.82) is 0 Å². The summed E-state index contributed by atoms with van der Waals surface area (Å²) in [5.74, 6) is 0. The lowest BCUT2D eigenvalue weighted by atomic mass is 10.0. The smallest absolute Gasteiger partial charge is 0.0706 e. The van der Waals surface area contributed by atoms with Crippen LogP contribution in [0.1, 0.15) is 37.9 Å². The predicted molar refractivity (Wildman–Crippen MR) is 103 cm³/mol. The van der Waals surface area contributed by atoms with Crippen LogP contribution in [0.3, 0.4) is 0 Å². The molecule has 5 heteroatoms. The molecule has 1 aliphatic heterocycles. The molecule has 1 aromatic carbocycles. The SMILES string of the molecule is CCCC[C@H](c1ccc2ccccc2n1)N1CCNCC1.Cl.Cl. The molecule has 0 radical (unpaired) electrons. The fourth-order valence-corrected chi connectivity index (χ4v) is 3.18. The van der Waals surface area contributed by atoms with E-state index in [1.54, 1.807) is 0 Å². The highest BCUT2D eigenvalue weighted by molar-refractivity contribution is 5.85. The largest absolute Gasteiger partial charge is 0.314 e. The van der Waals surface area contributed by atoms with Crippen molar-refractivity contribution < 1.29 is 0 Å². The zero-order chi connectivity index (χ0) is 14.5.